The summed E-state index contributed by atoms with van der Waals surface area (Å²) in [7, 11) is 0. The average Bonchev–Trinajstić information content (AvgIpc) is 2.55. The Labute approximate surface area is 134 Å². The number of allylic oxidation sites excluding steroid dienone is 1. The first-order valence-electron chi connectivity index (χ1n) is 7.43. The topological polar surface area (TPSA) is 63.6 Å². The van der Waals surface area contributed by atoms with Gasteiger partial charge in [-0.15, -0.1) is 0 Å². The van der Waals surface area contributed by atoms with Gasteiger partial charge in [0.1, 0.15) is 5.75 Å². The summed E-state index contributed by atoms with van der Waals surface area (Å²) >= 11 is 0. The Morgan fingerprint density at radius 1 is 1.00 bits per heavy atom. The molecule has 1 aliphatic heterocycles. The van der Waals surface area contributed by atoms with Crippen molar-refractivity contribution >= 4 is 11.8 Å². The van der Waals surface area contributed by atoms with Crippen molar-refractivity contribution in [2.24, 2.45) is 0 Å². The van der Waals surface area contributed by atoms with Gasteiger partial charge in [-0.25, -0.2) is 4.79 Å². The number of ketones is 1. The van der Waals surface area contributed by atoms with E-state index in [1.165, 1.54) is 12.1 Å². The minimum Gasteiger partial charge on any atom is -0.493 e. The fourth-order valence-corrected chi connectivity index (χ4v) is 2.62. The molecule has 23 heavy (non-hydrogen) atoms. The van der Waals surface area contributed by atoms with Gasteiger partial charge in [0, 0.05) is 24.0 Å². The predicted octanol–water partition coefficient (Wildman–Crippen LogP) is 3.52. The first kappa shape index (κ1) is 15.0. The van der Waals surface area contributed by atoms with E-state index in [0.717, 1.165) is 11.3 Å². The molecule has 0 fully saturated rings. The molecule has 0 aromatic heterocycles. The highest BCUT2D eigenvalue weighted by atomic mass is 16.5. The molecule has 0 radical (unpaired) electrons. The summed E-state index contributed by atoms with van der Waals surface area (Å²) in [6.07, 6.45) is 3.01. The van der Waals surface area contributed by atoms with Crippen LogP contribution in [0.25, 0.3) is 0 Å². The number of hydrogen-bond donors (Lipinski definition) is 1. The minimum atomic E-state index is -1.04. The largest absolute Gasteiger partial charge is 0.493 e. The molecular formula is C19H16O4. The number of hydrogen-bond acceptors (Lipinski definition) is 3. The number of carbonyl (C=O) groups excluding carboxylic acids is 1. The lowest BCUT2D eigenvalue weighted by atomic mass is 9.94. The molecule has 4 nitrogen and oxygen atoms in total. The third-order valence-electron chi connectivity index (χ3n) is 3.78. The Hall–Kier alpha value is -2.88. The summed E-state index contributed by atoms with van der Waals surface area (Å²) in [4.78, 5) is 23.8. The van der Waals surface area contributed by atoms with Crippen LogP contribution in [0.2, 0.25) is 0 Å². The number of aromatic carboxylic acids is 1. The van der Waals surface area contributed by atoms with Crippen LogP contribution in [-0.2, 0) is 6.42 Å². The van der Waals surface area contributed by atoms with E-state index in [0.29, 0.717) is 30.6 Å². The van der Waals surface area contributed by atoms with Crippen molar-refractivity contribution in [1.29, 1.82) is 0 Å². The van der Waals surface area contributed by atoms with Crippen LogP contribution >= 0.6 is 0 Å². The van der Waals surface area contributed by atoms with Crippen molar-refractivity contribution in [2.75, 3.05) is 6.61 Å². The van der Waals surface area contributed by atoms with Crippen molar-refractivity contribution in [3.05, 3.63) is 76.9 Å². The second kappa shape index (κ2) is 6.48. The fraction of sp³-hybridized carbons (Fsp3) is 0.158. The van der Waals surface area contributed by atoms with Gasteiger partial charge in [0.25, 0.3) is 0 Å². The third kappa shape index (κ3) is 3.31. The Kier molecular flexibility index (Phi) is 4.24. The zero-order chi connectivity index (χ0) is 16.2. The Bertz CT molecular complexity index is 789. The molecule has 4 heteroatoms. The number of benzene rings is 2. The van der Waals surface area contributed by atoms with Gasteiger partial charge in [-0.05, 0) is 23.8 Å². The van der Waals surface area contributed by atoms with Crippen molar-refractivity contribution in [1.82, 2.24) is 0 Å². The number of carbonyl (C=O) groups is 2. The van der Waals surface area contributed by atoms with Crippen molar-refractivity contribution in [3.63, 3.8) is 0 Å². The number of rotatable bonds is 3. The lowest BCUT2D eigenvalue weighted by molar-refractivity contribution is 0.0697. The summed E-state index contributed by atoms with van der Waals surface area (Å²) in [6.45, 7) is 0.517. The minimum absolute atomic E-state index is 0.117. The maximum Gasteiger partial charge on any atom is 0.335 e. The van der Waals surface area contributed by atoms with Crippen LogP contribution in [0.5, 0.6) is 5.75 Å². The quantitative estimate of drug-likeness (QED) is 0.881. The molecule has 0 atom stereocenters. The van der Waals surface area contributed by atoms with Crippen LogP contribution in [0.4, 0.5) is 0 Å². The number of carboxylic acid groups (broad SMARTS) is 1. The Balaban J connectivity index is 1.92. The maximum absolute atomic E-state index is 12.7. The molecule has 0 bridgehead atoms. The van der Waals surface area contributed by atoms with Gasteiger partial charge in [-0.3, -0.25) is 4.79 Å². The molecule has 1 aliphatic rings. The second-order valence-corrected chi connectivity index (χ2v) is 5.37. The number of fused-ring (bicyclic) bond motifs is 1. The van der Waals surface area contributed by atoms with Crippen LogP contribution in [0.3, 0.4) is 0 Å². The van der Waals surface area contributed by atoms with Crippen LogP contribution in [0, 0.1) is 0 Å². The van der Waals surface area contributed by atoms with Gasteiger partial charge in [0.2, 0.25) is 0 Å². The standard InChI is InChI=1S/C19H16O4/c20-18(14-6-3-7-16(12-14)19(21)22)15-8-4-10-23-17-9-2-1-5-13(17)11-15/h1-3,5-9,12H,4,10-11H2,(H,21,22)/b15-8-. The third-order valence-corrected chi connectivity index (χ3v) is 3.78. The number of carboxylic acids is 1. The molecule has 116 valence electrons. The molecule has 0 saturated heterocycles. The highest BCUT2D eigenvalue weighted by Gasteiger charge is 2.17. The van der Waals surface area contributed by atoms with Crippen LogP contribution in [-0.4, -0.2) is 23.5 Å². The SMILES string of the molecule is O=C(O)c1cccc(C(=O)/C2=C\CCOc3ccccc3C2)c1. The summed E-state index contributed by atoms with van der Waals surface area (Å²) in [5, 5.41) is 9.07. The molecule has 2 aromatic rings. The van der Waals surface area contributed by atoms with Crippen molar-refractivity contribution in [3.8, 4) is 5.75 Å². The maximum atomic E-state index is 12.7. The lowest BCUT2D eigenvalue weighted by Crippen LogP contribution is -2.11. The van der Waals surface area contributed by atoms with Crippen molar-refractivity contribution < 1.29 is 19.4 Å². The van der Waals surface area contributed by atoms with E-state index < -0.39 is 5.97 Å². The summed E-state index contributed by atoms with van der Waals surface area (Å²) in [6, 6.07) is 13.8. The Morgan fingerprint density at radius 2 is 1.78 bits per heavy atom. The van der Waals surface area contributed by atoms with Crippen LogP contribution in [0.1, 0.15) is 32.7 Å². The molecule has 3 rings (SSSR count). The number of ether oxygens (including phenoxy) is 1. The van der Waals surface area contributed by atoms with E-state index in [9.17, 15) is 9.59 Å². The van der Waals surface area contributed by atoms with Gasteiger partial charge in [0.05, 0.1) is 12.2 Å². The van der Waals surface area contributed by atoms with Gasteiger partial charge >= 0.3 is 5.97 Å². The molecule has 0 spiro atoms. The molecule has 2 aromatic carbocycles. The van der Waals surface area contributed by atoms with Gasteiger partial charge in [0.15, 0.2) is 5.78 Å². The average molecular weight is 308 g/mol. The molecule has 0 aliphatic carbocycles. The summed E-state index contributed by atoms with van der Waals surface area (Å²) < 4.78 is 5.68. The normalized spacial score (nSPS) is 16.1. The smallest absolute Gasteiger partial charge is 0.335 e. The second-order valence-electron chi connectivity index (χ2n) is 5.37. The summed E-state index contributed by atoms with van der Waals surface area (Å²) in [5.74, 6) is -0.375. The van der Waals surface area contributed by atoms with E-state index in [2.05, 4.69) is 0 Å². The fourth-order valence-electron chi connectivity index (χ4n) is 2.62. The number of Topliss-reactive ketones (excluding diaryl/α,β-unsaturated/α-hetero) is 1. The molecule has 0 saturated carbocycles. The first-order chi connectivity index (χ1) is 11.1. The monoisotopic (exact) mass is 308 g/mol. The van der Waals surface area contributed by atoms with E-state index >= 15 is 0 Å². The first-order valence-corrected chi connectivity index (χ1v) is 7.43. The van der Waals surface area contributed by atoms with Crippen LogP contribution < -0.4 is 4.74 Å². The highest BCUT2D eigenvalue weighted by molar-refractivity contribution is 6.09. The Morgan fingerprint density at radius 3 is 2.61 bits per heavy atom. The summed E-state index contributed by atoms with van der Waals surface area (Å²) in [5.41, 5.74) is 2.14. The highest BCUT2D eigenvalue weighted by Crippen LogP contribution is 2.25. The number of para-hydroxylation sites is 1. The van der Waals surface area contributed by atoms with Gasteiger partial charge < -0.3 is 9.84 Å². The molecular weight excluding hydrogens is 292 g/mol. The van der Waals surface area contributed by atoms with Gasteiger partial charge in [-0.1, -0.05) is 36.4 Å². The van der Waals surface area contributed by atoms with E-state index in [1.807, 2.05) is 30.3 Å². The molecule has 0 amide bonds. The molecule has 1 heterocycles. The van der Waals surface area contributed by atoms with E-state index in [-0.39, 0.29) is 11.3 Å². The zero-order valence-electron chi connectivity index (χ0n) is 12.5. The van der Waals surface area contributed by atoms with Gasteiger partial charge in [-0.2, -0.15) is 0 Å². The lowest BCUT2D eigenvalue weighted by Gasteiger charge is -2.16. The van der Waals surface area contributed by atoms with Crippen LogP contribution in [0.15, 0.2) is 60.2 Å². The molecule has 0 unspecified atom stereocenters. The van der Waals surface area contributed by atoms with E-state index in [1.54, 1.807) is 12.1 Å². The van der Waals surface area contributed by atoms with Crippen molar-refractivity contribution in [2.45, 2.75) is 12.8 Å². The molecule has 1 N–H and O–H groups in total. The van der Waals surface area contributed by atoms with E-state index in [4.69, 9.17) is 9.84 Å². The zero-order valence-corrected chi connectivity index (χ0v) is 12.5. The predicted molar refractivity (Wildman–Crippen MR) is 86.1 cm³/mol.